The zero-order chi connectivity index (χ0) is 14.5. The van der Waals surface area contributed by atoms with Gasteiger partial charge in [0.05, 0.1) is 16.6 Å². The number of carbonyl (C=O) groups is 1. The molecule has 0 saturated heterocycles. The molecule has 20 heavy (non-hydrogen) atoms. The Kier molecular flexibility index (Phi) is 4.71. The fourth-order valence-corrected chi connectivity index (χ4v) is 2.75. The minimum absolute atomic E-state index is 0.0884. The number of nitrogens with zero attached hydrogens (tertiary/aromatic N) is 1. The van der Waals surface area contributed by atoms with Gasteiger partial charge in [0.2, 0.25) is 0 Å². The second kappa shape index (κ2) is 6.50. The molecule has 0 radical (unpaired) electrons. The number of nitro benzene ring substituents is 1. The van der Waals surface area contributed by atoms with Crippen molar-refractivity contribution < 1.29 is 14.5 Å². The van der Waals surface area contributed by atoms with Crippen LogP contribution in [0, 0.1) is 16.0 Å². The topological polar surface area (TPSA) is 69.4 Å². The summed E-state index contributed by atoms with van der Waals surface area (Å²) in [6.07, 6.45) is 6.19. The minimum Gasteiger partial charge on any atom is -0.490 e. The summed E-state index contributed by atoms with van der Waals surface area (Å²) in [7, 11) is 0. The summed E-state index contributed by atoms with van der Waals surface area (Å²) in [6.45, 7) is 2.18. The molecule has 2 atom stereocenters. The van der Waals surface area contributed by atoms with Gasteiger partial charge in [0.15, 0.2) is 6.29 Å². The zero-order valence-corrected chi connectivity index (χ0v) is 11.6. The summed E-state index contributed by atoms with van der Waals surface area (Å²) in [4.78, 5) is 21.3. The number of ether oxygens (including phenoxy) is 1. The second-order valence-electron chi connectivity index (χ2n) is 5.28. The lowest BCUT2D eigenvalue weighted by Gasteiger charge is -2.29. The van der Waals surface area contributed by atoms with E-state index in [1.807, 2.05) is 0 Å². The molecular weight excluding hydrogens is 258 g/mol. The molecule has 1 aromatic rings. The summed E-state index contributed by atoms with van der Waals surface area (Å²) in [6, 6.07) is 4.17. The third kappa shape index (κ3) is 3.35. The van der Waals surface area contributed by atoms with Crippen LogP contribution in [0.5, 0.6) is 5.75 Å². The Morgan fingerprint density at radius 3 is 2.90 bits per heavy atom. The highest BCUT2D eigenvalue weighted by Gasteiger charge is 2.23. The average Bonchev–Trinajstić information content (AvgIpc) is 2.47. The molecule has 0 spiro atoms. The summed E-state index contributed by atoms with van der Waals surface area (Å²) in [5.41, 5.74) is 0.160. The van der Waals surface area contributed by atoms with Crippen LogP contribution in [0.2, 0.25) is 0 Å². The molecule has 0 bridgehead atoms. The molecule has 2 unspecified atom stereocenters. The highest BCUT2D eigenvalue weighted by Crippen LogP contribution is 2.31. The normalized spacial score (nSPS) is 22.2. The van der Waals surface area contributed by atoms with E-state index in [9.17, 15) is 14.9 Å². The first-order valence-corrected chi connectivity index (χ1v) is 7.04. The standard InChI is InChI=1S/C15H19NO4/c1-2-11-4-3-5-14(8-11)20-15-7-6-13(16(18)19)9-12(15)10-17/h6-7,9-11,14H,2-5,8H2,1H3. The van der Waals surface area contributed by atoms with Crippen LogP contribution in [0.3, 0.4) is 0 Å². The smallest absolute Gasteiger partial charge is 0.270 e. The molecule has 5 heteroatoms. The van der Waals surface area contributed by atoms with Crippen molar-refractivity contribution in [2.45, 2.75) is 45.1 Å². The van der Waals surface area contributed by atoms with E-state index in [-0.39, 0.29) is 17.4 Å². The molecule has 1 fully saturated rings. The first-order chi connectivity index (χ1) is 9.63. The van der Waals surface area contributed by atoms with Gasteiger partial charge >= 0.3 is 0 Å². The summed E-state index contributed by atoms with van der Waals surface area (Å²) in [5.74, 6) is 1.12. The van der Waals surface area contributed by atoms with E-state index in [0.29, 0.717) is 18.0 Å². The third-order valence-electron chi connectivity index (χ3n) is 3.94. The first kappa shape index (κ1) is 14.5. The van der Waals surface area contributed by atoms with Gasteiger partial charge < -0.3 is 4.74 Å². The van der Waals surface area contributed by atoms with Gasteiger partial charge in [0.25, 0.3) is 5.69 Å². The van der Waals surface area contributed by atoms with Crippen molar-refractivity contribution in [1.82, 2.24) is 0 Å². The quantitative estimate of drug-likeness (QED) is 0.467. The van der Waals surface area contributed by atoms with Gasteiger partial charge in [-0.25, -0.2) is 0 Å². The molecule has 0 aliphatic heterocycles. The molecule has 0 amide bonds. The molecule has 1 aliphatic carbocycles. The molecule has 5 nitrogen and oxygen atoms in total. The van der Waals surface area contributed by atoms with Crippen LogP contribution in [0.1, 0.15) is 49.4 Å². The molecular formula is C15H19NO4. The van der Waals surface area contributed by atoms with Gasteiger partial charge in [-0.05, 0) is 31.2 Å². The predicted molar refractivity (Wildman–Crippen MR) is 75.1 cm³/mol. The highest BCUT2D eigenvalue weighted by atomic mass is 16.6. The van der Waals surface area contributed by atoms with Crippen molar-refractivity contribution in [1.29, 1.82) is 0 Å². The third-order valence-corrected chi connectivity index (χ3v) is 3.94. The van der Waals surface area contributed by atoms with Crippen molar-refractivity contribution in [2.24, 2.45) is 5.92 Å². The zero-order valence-electron chi connectivity index (χ0n) is 11.6. The minimum atomic E-state index is -0.509. The largest absolute Gasteiger partial charge is 0.490 e. The summed E-state index contributed by atoms with van der Waals surface area (Å²) in [5, 5.41) is 10.7. The lowest BCUT2D eigenvalue weighted by molar-refractivity contribution is -0.384. The Balaban J connectivity index is 2.12. The maximum absolute atomic E-state index is 11.1. The van der Waals surface area contributed by atoms with Gasteiger partial charge in [-0.3, -0.25) is 14.9 Å². The van der Waals surface area contributed by atoms with E-state index in [2.05, 4.69) is 6.92 Å². The van der Waals surface area contributed by atoms with Crippen molar-refractivity contribution in [3.63, 3.8) is 0 Å². The lowest BCUT2D eigenvalue weighted by Crippen LogP contribution is -2.25. The van der Waals surface area contributed by atoms with E-state index in [0.717, 1.165) is 25.7 Å². The number of hydrogen-bond donors (Lipinski definition) is 0. The van der Waals surface area contributed by atoms with Gasteiger partial charge in [-0.15, -0.1) is 0 Å². The summed E-state index contributed by atoms with van der Waals surface area (Å²) < 4.78 is 5.89. The molecule has 2 rings (SSSR count). The van der Waals surface area contributed by atoms with Gasteiger partial charge in [-0.1, -0.05) is 19.8 Å². The lowest BCUT2D eigenvalue weighted by atomic mass is 9.85. The number of benzene rings is 1. The van der Waals surface area contributed by atoms with E-state index < -0.39 is 4.92 Å². The maximum atomic E-state index is 11.1. The number of nitro groups is 1. The monoisotopic (exact) mass is 277 g/mol. The fraction of sp³-hybridized carbons (Fsp3) is 0.533. The van der Waals surface area contributed by atoms with Crippen molar-refractivity contribution in [3.05, 3.63) is 33.9 Å². The highest BCUT2D eigenvalue weighted by molar-refractivity contribution is 5.80. The van der Waals surface area contributed by atoms with Gasteiger partial charge in [0.1, 0.15) is 5.75 Å². The van der Waals surface area contributed by atoms with Crippen LogP contribution >= 0.6 is 0 Å². The Hall–Kier alpha value is -1.91. The molecule has 0 aromatic heterocycles. The van der Waals surface area contributed by atoms with Crippen LogP contribution in [-0.4, -0.2) is 17.3 Å². The van der Waals surface area contributed by atoms with E-state index in [4.69, 9.17) is 4.74 Å². The Morgan fingerprint density at radius 2 is 2.25 bits per heavy atom. The molecule has 1 saturated carbocycles. The molecule has 108 valence electrons. The van der Waals surface area contributed by atoms with Crippen LogP contribution < -0.4 is 4.74 Å². The first-order valence-electron chi connectivity index (χ1n) is 7.04. The van der Waals surface area contributed by atoms with Crippen molar-refractivity contribution in [2.75, 3.05) is 0 Å². The van der Waals surface area contributed by atoms with Crippen LogP contribution in [0.4, 0.5) is 5.69 Å². The molecule has 0 heterocycles. The number of aldehydes is 1. The summed E-state index contributed by atoms with van der Waals surface area (Å²) >= 11 is 0. The Bertz CT molecular complexity index is 501. The number of non-ortho nitro benzene ring substituents is 1. The van der Waals surface area contributed by atoms with Crippen LogP contribution in [0.15, 0.2) is 18.2 Å². The van der Waals surface area contributed by atoms with Gasteiger partial charge in [-0.2, -0.15) is 0 Å². The Labute approximate surface area is 118 Å². The number of hydrogen-bond acceptors (Lipinski definition) is 4. The number of carbonyl (C=O) groups excluding carboxylic acids is 1. The van der Waals surface area contributed by atoms with Crippen molar-refractivity contribution in [3.8, 4) is 5.75 Å². The van der Waals surface area contributed by atoms with Crippen LogP contribution in [-0.2, 0) is 0 Å². The maximum Gasteiger partial charge on any atom is 0.270 e. The SMILES string of the molecule is CCC1CCCC(Oc2ccc([N+](=O)[O-])cc2C=O)C1. The van der Waals surface area contributed by atoms with Crippen molar-refractivity contribution >= 4 is 12.0 Å². The predicted octanol–water partition coefficient (Wildman–Crippen LogP) is 3.75. The molecule has 0 N–H and O–H groups in total. The second-order valence-corrected chi connectivity index (χ2v) is 5.28. The molecule has 1 aliphatic rings. The average molecular weight is 277 g/mol. The van der Waals surface area contributed by atoms with Crippen LogP contribution in [0.25, 0.3) is 0 Å². The van der Waals surface area contributed by atoms with E-state index in [1.165, 1.54) is 24.6 Å². The van der Waals surface area contributed by atoms with E-state index in [1.54, 1.807) is 0 Å². The Morgan fingerprint density at radius 1 is 1.45 bits per heavy atom. The fourth-order valence-electron chi connectivity index (χ4n) is 2.75. The molecule has 1 aromatic carbocycles. The van der Waals surface area contributed by atoms with E-state index >= 15 is 0 Å². The number of rotatable bonds is 5. The van der Waals surface area contributed by atoms with Gasteiger partial charge in [0, 0.05) is 12.1 Å².